The molecule has 4 rings (SSSR count). The van der Waals surface area contributed by atoms with Crippen molar-refractivity contribution >= 4 is 29.3 Å². The van der Waals surface area contributed by atoms with Crippen LogP contribution in [0, 0.1) is 11.7 Å². The molecular weight excluding hydrogens is 437 g/mol. The van der Waals surface area contributed by atoms with Crippen LogP contribution in [0.25, 0.3) is 11.1 Å². The number of carboxylic acids is 1. The van der Waals surface area contributed by atoms with Crippen LogP contribution < -0.4 is 10.6 Å². The number of aliphatic carboxylic acids is 1. The summed E-state index contributed by atoms with van der Waals surface area (Å²) in [5.41, 5.74) is 4.12. The van der Waals surface area contributed by atoms with Crippen molar-refractivity contribution < 1.29 is 23.9 Å². The van der Waals surface area contributed by atoms with Gasteiger partial charge in [0.05, 0.1) is 0 Å². The van der Waals surface area contributed by atoms with Crippen LogP contribution in [-0.2, 0) is 11.3 Å². The molecule has 0 spiro atoms. The Morgan fingerprint density at radius 1 is 0.912 bits per heavy atom. The van der Waals surface area contributed by atoms with Gasteiger partial charge in [0, 0.05) is 23.5 Å². The summed E-state index contributed by atoms with van der Waals surface area (Å²) in [6, 6.07) is 16.8. The summed E-state index contributed by atoms with van der Waals surface area (Å²) < 4.78 is 13.0. The van der Waals surface area contributed by atoms with Crippen LogP contribution in [0.5, 0.6) is 0 Å². The maximum atomic E-state index is 13.0. The number of hydrogen-bond donors (Lipinski definition) is 3. The van der Waals surface area contributed by atoms with Crippen molar-refractivity contribution in [3.05, 3.63) is 83.7 Å². The average molecular weight is 461 g/mol. The lowest BCUT2D eigenvalue weighted by Crippen LogP contribution is -2.44. The smallest absolute Gasteiger partial charge is 0.326 e. The molecule has 1 heterocycles. The normalized spacial score (nSPS) is 13.5. The first-order chi connectivity index (χ1) is 16.2. The second-order valence-corrected chi connectivity index (χ2v) is 8.50. The standard InChI is InChI=1S/C26H24FN3O4/c1-15(2)23(25(32)33)30-14-18-13-17(5-12-22(18)24(30)31)16-3-8-20(9-4-16)28-26(34)29-21-10-6-19(27)7-11-21/h3-13,15,23H,14H2,1-2H3,(H,32,33)(H2,28,29,34). The Balaban J connectivity index is 1.46. The lowest BCUT2D eigenvalue weighted by molar-refractivity contribution is -0.144. The molecule has 0 saturated heterocycles. The summed E-state index contributed by atoms with van der Waals surface area (Å²) in [6.45, 7) is 3.83. The van der Waals surface area contributed by atoms with Crippen LogP contribution in [-0.4, -0.2) is 34.0 Å². The first-order valence-electron chi connectivity index (χ1n) is 10.8. The molecule has 3 amide bonds. The van der Waals surface area contributed by atoms with Crippen LogP contribution in [0.1, 0.15) is 29.8 Å². The molecule has 3 aromatic carbocycles. The third kappa shape index (κ3) is 4.76. The number of nitrogens with one attached hydrogen (secondary N) is 2. The minimum absolute atomic E-state index is 0.212. The van der Waals surface area contributed by atoms with Gasteiger partial charge < -0.3 is 20.6 Å². The molecule has 0 radical (unpaired) electrons. The Labute approximate surface area is 196 Å². The van der Waals surface area contributed by atoms with Gasteiger partial charge in [0.1, 0.15) is 11.9 Å². The fraction of sp³-hybridized carbons (Fsp3) is 0.192. The number of amides is 3. The van der Waals surface area contributed by atoms with Crippen molar-refractivity contribution in [1.29, 1.82) is 0 Å². The lowest BCUT2D eigenvalue weighted by atomic mass is 10.0. The summed E-state index contributed by atoms with van der Waals surface area (Å²) in [4.78, 5) is 38.1. The molecule has 174 valence electrons. The predicted octanol–water partition coefficient (Wildman–Crippen LogP) is 5.20. The summed E-state index contributed by atoms with van der Waals surface area (Å²) in [5, 5.41) is 14.9. The van der Waals surface area contributed by atoms with E-state index in [0.717, 1.165) is 16.7 Å². The number of urea groups is 1. The van der Waals surface area contributed by atoms with Crippen molar-refractivity contribution in [3.8, 4) is 11.1 Å². The van der Waals surface area contributed by atoms with Gasteiger partial charge in [0.25, 0.3) is 5.91 Å². The topological polar surface area (TPSA) is 98.7 Å². The highest BCUT2D eigenvalue weighted by molar-refractivity contribution is 6.01. The van der Waals surface area contributed by atoms with Crippen molar-refractivity contribution in [2.24, 2.45) is 5.92 Å². The maximum Gasteiger partial charge on any atom is 0.326 e. The zero-order chi connectivity index (χ0) is 24.4. The van der Waals surface area contributed by atoms with Gasteiger partial charge in [-0.3, -0.25) is 4.79 Å². The van der Waals surface area contributed by atoms with E-state index in [9.17, 15) is 23.9 Å². The van der Waals surface area contributed by atoms with Crippen LogP contribution in [0.15, 0.2) is 66.7 Å². The number of anilines is 2. The van der Waals surface area contributed by atoms with Gasteiger partial charge in [-0.25, -0.2) is 14.0 Å². The fourth-order valence-corrected chi connectivity index (χ4v) is 4.10. The van der Waals surface area contributed by atoms with Gasteiger partial charge in [-0.15, -0.1) is 0 Å². The summed E-state index contributed by atoms with van der Waals surface area (Å²) in [7, 11) is 0. The molecule has 1 aliphatic heterocycles. The highest BCUT2D eigenvalue weighted by Crippen LogP contribution is 2.31. The molecule has 0 saturated carbocycles. The quantitative estimate of drug-likeness (QED) is 0.470. The number of halogens is 1. The number of carbonyl (C=O) groups is 3. The first kappa shape index (κ1) is 23.0. The molecule has 34 heavy (non-hydrogen) atoms. The molecule has 0 bridgehead atoms. The van der Waals surface area contributed by atoms with Gasteiger partial charge >= 0.3 is 12.0 Å². The number of rotatable bonds is 6. The van der Waals surface area contributed by atoms with Crippen molar-refractivity contribution in [1.82, 2.24) is 4.90 Å². The van der Waals surface area contributed by atoms with Gasteiger partial charge in [-0.2, -0.15) is 0 Å². The van der Waals surface area contributed by atoms with E-state index in [-0.39, 0.29) is 24.2 Å². The van der Waals surface area contributed by atoms with E-state index in [1.807, 2.05) is 24.3 Å². The number of carbonyl (C=O) groups excluding carboxylic acids is 2. The van der Waals surface area contributed by atoms with E-state index in [1.54, 1.807) is 32.0 Å². The third-order valence-electron chi connectivity index (χ3n) is 5.74. The van der Waals surface area contributed by atoms with E-state index in [2.05, 4.69) is 10.6 Å². The lowest BCUT2D eigenvalue weighted by Gasteiger charge is -2.27. The molecule has 3 aromatic rings. The molecule has 0 fully saturated rings. The number of hydrogen-bond acceptors (Lipinski definition) is 3. The Bertz CT molecular complexity index is 1240. The van der Waals surface area contributed by atoms with Gasteiger partial charge in [0.2, 0.25) is 0 Å². The second kappa shape index (κ2) is 9.35. The molecule has 8 heteroatoms. The van der Waals surface area contributed by atoms with Crippen LogP contribution in [0.4, 0.5) is 20.6 Å². The summed E-state index contributed by atoms with van der Waals surface area (Å²) in [5.74, 6) is -1.88. The number of carboxylic acid groups (broad SMARTS) is 1. The molecular formula is C26H24FN3O4. The summed E-state index contributed by atoms with van der Waals surface area (Å²) in [6.07, 6.45) is 0. The predicted molar refractivity (Wildman–Crippen MR) is 127 cm³/mol. The van der Waals surface area contributed by atoms with Crippen molar-refractivity contribution in [3.63, 3.8) is 0 Å². The van der Waals surface area contributed by atoms with Crippen molar-refractivity contribution in [2.75, 3.05) is 10.6 Å². The minimum atomic E-state index is -1.01. The van der Waals surface area contributed by atoms with Gasteiger partial charge in [-0.1, -0.05) is 32.0 Å². The molecule has 1 aliphatic rings. The maximum absolute atomic E-state index is 13.0. The monoisotopic (exact) mass is 461 g/mol. The number of nitrogens with zero attached hydrogens (tertiary/aromatic N) is 1. The molecule has 1 atom stereocenters. The summed E-state index contributed by atoms with van der Waals surface area (Å²) >= 11 is 0. The van der Waals surface area contributed by atoms with E-state index in [0.29, 0.717) is 16.9 Å². The molecule has 0 aliphatic carbocycles. The Morgan fingerprint density at radius 3 is 2.03 bits per heavy atom. The Kier molecular flexibility index (Phi) is 6.32. The molecule has 7 nitrogen and oxygen atoms in total. The Morgan fingerprint density at radius 2 is 1.47 bits per heavy atom. The van der Waals surface area contributed by atoms with Gasteiger partial charge in [-0.05, 0) is 71.1 Å². The van der Waals surface area contributed by atoms with E-state index >= 15 is 0 Å². The zero-order valence-corrected chi connectivity index (χ0v) is 18.7. The van der Waals surface area contributed by atoms with Crippen LogP contribution in [0.2, 0.25) is 0 Å². The van der Waals surface area contributed by atoms with E-state index in [4.69, 9.17) is 0 Å². The fourth-order valence-electron chi connectivity index (χ4n) is 4.10. The minimum Gasteiger partial charge on any atom is -0.480 e. The number of fused-ring (bicyclic) bond motifs is 1. The Hall–Kier alpha value is -4.20. The first-order valence-corrected chi connectivity index (χ1v) is 10.8. The second-order valence-electron chi connectivity index (χ2n) is 8.50. The highest BCUT2D eigenvalue weighted by Gasteiger charge is 2.38. The molecule has 0 aromatic heterocycles. The molecule has 3 N–H and O–H groups in total. The molecule has 1 unspecified atom stereocenters. The van der Waals surface area contributed by atoms with Crippen LogP contribution in [0.3, 0.4) is 0 Å². The zero-order valence-electron chi connectivity index (χ0n) is 18.7. The van der Waals surface area contributed by atoms with E-state index < -0.39 is 18.0 Å². The average Bonchev–Trinajstić information content (AvgIpc) is 3.10. The van der Waals surface area contributed by atoms with Crippen LogP contribution >= 0.6 is 0 Å². The van der Waals surface area contributed by atoms with Gasteiger partial charge in [0.15, 0.2) is 0 Å². The van der Waals surface area contributed by atoms with E-state index in [1.165, 1.54) is 29.2 Å². The SMILES string of the molecule is CC(C)C(C(=O)O)N1Cc2cc(-c3ccc(NC(=O)Nc4ccc(F)cc4)cc3)ccc2C1=O. The third-order valence-corrected chi connectivity index (χ3v) is 5.74. The largest absolute Gasteiger partial charge is 0.480 e. The highest BCUT2D eigenvalue weighted by atomic mass is 19.1. The number of benzene rings is 3. The van der Waals surface area contributed by atoms with Crippen molar-refractivity contribution in [2.45, 2.75) is 26.4 Å².